The van der Waals surface area contributed by atoms with Gasteiger partial charge in [0.2, 0.25) is 5.91 Å². The third-order valence-electron chi connectivity index (χ3n) is 1.48. The summed E-state index contributed by atoms with van der Waals surface area (Å²) in [6.45, 7) is 0.838. The largest absolute Gasteiger partial charge is 0.394 e. The molecule has 7 heteroatoms. The zero-order chi connectivity index (χ0) is 12.4. The fraction of sp³-hybridized carbons (Fsp3) is 0.556. The van der Waals surface area contributed by atoms with Crippen molar-refractivity contribution < 1.29 is 19.4 Å². The number of ether oxygens (including phenoxy) is 1. The van der Waals surface area contributed by atoms with Crippen LogP contribution in [-0.2, 0) is 14.3 Å². The van der Waals surface area contributed by atoms with Gasteiger partial charge in [0.1, 0.15) is 0 Å². The van der Waals surface area contributed by atoms with Gasteiger partial charge < -0.3 is 20.5 Å². The summed E-state index contributed by atoms with van der Waals surface area (Å²) in [6.07, 6.45) is 1.14. The second kappa shape index (κ2) is 9.32. The molecule has 0 aliphatic heterocycles. The van der Waals surface area contributed by atoms with Gasteiger partial charge in [-0.2, -0.15) is 0 Å². The number of hydrogen-bond donors (Lipinski definition) is 3. The summed E-state index contributed by atoms with van der Waals surface area (Å²) in [6, 6.07) is 0. The normalized spacial score (nSPS) is 11.1. The Labute approximate surface area is 102 Å². The Morgan fingerprint density at radius 3 is 2.69 bits per heavy atom. The van der Waals surface area contributed by atoms with Crippen LogP contribution in [0.4, 0.5) is 0 Å². The number of hydrogen-bond acceptors (Lipinski definition) is 4. The van der Waals surface area contributed by atoms with E-state index >= 15 is 0 Å². The summed E-state index contributed by atoms with van der Waals surface area (Å²) in [5.41, 5.74) is 0. The lowest BCUT2D eigenvalue weighted by Crippen LogP contribution is -2.27. The van der Waals surface area contributed by atoms with E-state index in [1.54, 1.807) is 0 Å². The summed E-state index contributed by atoms with van der Waals surface area (Å²) in [5.74, 6) is -0.755. The summed E-state index contributed by atoms with van der Waals surface area (Å²) in [5, 5.41) is 13.3. The van der Waals surface area contributed by atoms with Crippen LogP contribution in [-0.4, -0.2) is 50.3 Å². The lowest BCUT2D eigenvalue weighted by atomic mass is 10.4. The first-order chi connectivity index (χ1) is 7.61. The van der Waals surface area contributed by atoms with Crippen LogP contribution in [0, 0.1) is 0 Å². The van der Waals surface area contributed by atoms with E-state index in [0.29, 0.717) is 13.2 Å². The molecule has 92 valence electrons. The van der Waals surface area contributed by atoms with Crippen molar-refractivity contribution in [2.24, 2.45) is 0 Å². The van der Waals surface area contributed by atoms with Crippen LogP contribution in [0.25, 0.3) is 0 Å². The number of aliphatic hydroxyl groups excluding tert-OH is 1. The van der Waals surface area contributed by atoms with Crippen molar-refractivity contribution in [2.75, 3.05) is 33.4 Å². The van der Waals surface area contributed by atoms with E-state index in [0.717, 1.165) is 6.08 Å². The third-order valence-corrected chi connectivity index (χ3v) is 2.07. The molecule has 2 amide bonds. The van der Waals surface area contributed by atoms with E-state index in [9.17, 15) is 9.59 Å². The molecule has 3 N–H and O–H groups in total. The first kappa shape index (κ1) is 15.1. The van der Waals surface area contributed by atoms with E-state index in [2.05, 4.69) is 26.6 Å². The van der Waals surface area contributed by atoms with Crippen molar-refractivity contribution in [3.63, 3.8) is 0 Å². The maximum absolute atomic E-state index is 11.2. The minimum absolute atomic E-state index is 0.0456. The van der Waals surface area contributed by atoms with Crippen LogP contribution >= 0.6 is 15.9 Å². The highest BCUT2D eigenvalue weighted by atomic mass is 79.9. The zero-order valence-corrected chi connectivity index (χ0v) is 10.5. The highest BCUT2D eigenvalue weighted by molar-refractivity contribution is 9.12. The number of rotatable bonds is 7. The molecule has 0 saturated heterocycles. The van der Waals surface area contributed by atoms with E-state index in [-0.39, 0.29) is 29.5 Å². The molecule has 0 fully saturated rings. The predicted molar refractivity (Wildman–Crippen MR) is 62.0 cm³/mol. The summed E-state index contributed by atoms with van der Waals surface area (Å²) < 4.78 is 5.09. The number of amides is 2. The number of halogens is 1. The average molecular weight is 295 g/mol. The summed E-state index contributed by atoms with van der Waals surface area (Å²) >= 11 is 2.96. The van der Waals surface area contributed by atoms with Gasteiger partial charge in [-0.1, -0.05) is 0 Å². The Balaban J connectivity index is 3.77. The molecule has 0 unspecified atom stereocenters. The Bertz CT molecular complexity index is 268. The van der Waals surface area contributed by atoms with Crippen molar-refractivity contribution >= 4 is 27.7 Å². The topological polar surface area (TPSA) is 87.7 Å². The Morgan fingerprint density at radius 1 is 1.44 bits per heavy atom. The van der Waals surface area contributed by atoms with Crippen molar-refractivity contribution in [3.05, 3.63) is 10.6 Å². The van der Waals surface area contributed by atoms with Crippen molar-refractivity contribution in [1.82, 2.24) is 10.6 Å². The molecule has 16 heavy (non-hydrogen) atoms. The van der Waals surface area contributed by atoms with Gasteiger partial charge >= 0.3 is 0 Å². The van der Waals surface area contributed by atoms with Gasteiger partial charge in [-0.3, -0.25) is 9.59 Å². The summed E-state index contributed by atoms with van der Waals surface area (Å²) in [4.78, 5) is 22.2. The smallest absolute Gasteiger partial charge is 0.258 e. The summed E-state index contributed by atoms with van der Waals surface area (Å²) in [7, 11) is 1.47. The van der Waals surface area contributed by atoms with Gasteiger partial charge in [0.05, 0.1) is 24.3 Å². The highest BCUT2D eigenvalue weighted by Gasteiger charge is 2.05. The SMILES string of the molecule is CNC(=O)/C(Br)=C\C(=O)NCCOCCO. The molecule has 0 rings (SSSR count). The highest BCUT2D eigenvalue weighted by Crippen LogP contribution is 2.03. The molecule has 0 heterocycles. The minimum Gasteiger partial charge on any atom is -0.394 e. The van der Waals surface area contributed by atoms with Gasteiger partial charge in [-0.05, 0) is 15.9 Å². The number of nitrogens with one attached hydrogen (secondary N) is 2. The van der Waals surface area contributed by atoms with Crippen molar-refractivity contribution in [3.8, 4) is 0 Å². The van der Waals surface area contributed by atoms with Crippen molar-refractivity contribution in [2.45, 2.75) is 0 Å². The zero-order valence-electron chi connectivity index (χ0n) is 8.96. The number of carbonyl (C=O) groups excluding carboxylic acids is 2. The van der Waals surface area contributed by atoms with Gasteiger partial charge in [0, 0.05) is 19.7 Å². The van der Waals surface area contributed by atoms with Crippen LogP contribution in [0.5, 0.6) is 0 Å². The molecular formula is C9H15BrN2O4. The second-order valence-corrected chi connectivity index (χ2v) is 3.55. The van der Waals surface area contributed by atoms with E-state index < -0.39 is 0 Å². The maximum Gasteiger partial charge on any atom is 0.258 e. The van der Waals surface area contributed by atoms with Crippen LogP contribution in [0.2, 0.25) is 0 Å². The van der Waals surface area contributed by atoms with Gasteiger partial charge in [0.25, 0.3) is 5.91 Å². The molecule has 0 aromatic carbocycles. The van der Waals surface area contributed by atoms with Crippen LogP contribution < -0.4 is 10.6 Å². The first-order valence-electron chi connectivity index (χ1n) is 4.67. The second-order valence-electron chi connectivity index (χ2n) is 2.70. The number of carbonyl (C=O) groups is 2. The maximum atomic E-state index is 11.2. The molecule has 0 aromatic rings. The average Bonchev–Trinajstić information content (AvgIpc) is 2.27. The van der Waals surface area contributed by atoms with Crippen LogP contribution in [0.1, 0.15) is 0 Å². The predicted octanol–water partition coefficient (Wildman–Crippen LogP) is -0.864. The fourth-order valence-electron chi connectivity index (χ4n) is 0.764. The molecule has 0 bridgehead atoms. The van der Waals surface area contributed by atoms with Gasteiger partial charge in [0.15, 0.2) is 0 Å². The van der Waals surface area contributed by atoms with Gasteiger partial charge in [-0.25, -0.2) is 0 Å². The fourth-order valence-corrected chi connectivity index (χ4v) is 1.17. The molecule has 0 atom stereocenters. The van der Waals surface area contributed by atoms with E-state index in [1.165, 1.54) is 7.05 Å². The molecule has 0 aromatic heterocycles. The molecule has 0 saturated carbocycles. The molecular weight excluding hydrogens is 280 g/mol. The number of aliphatic hydroxyl groups is 1. The number of likely N-dealkylation sites (N-methyl/N-ethyl adjacent to an activating group) is 1. The van der Waals surface area contributed by atoms with Crippen molar-refractivity contribution in [1.29, 1.82) is 0 Å². The Kier molecular flexibility index (Phi) is 8.78. The standard InChI is InChI=1S/C9H15BrN2O4/c1-11-9(15)7(10)6-8(14)12-2-4-16-5-3-13/h6,13H,2-5H2,1H3,(H,11,15)(H,12,14)/b7-6+. The molecule has 6 nitrogen and oxygen atoms in total. The lowest BCUT2D eigenvalue weighted by molar-refractivity contribution is -0.118. The van der Waals surface area contributed by atoms with Crippen LogP contribution in [0.15, 0.2) is 10.6 Å². The van der Waals surface area contributed by atoms with E-state index in [4.69, 9.17) is 9.84 Å². The Morgan fingerprint density at radius 2 is 2.12 bits per heavy atom. The quantitative estimate of drug-likeness (QED) is 0.421. The van der Waals surface area contributed by atoms with Gasteiger partial charge in [-0.15, -0.1) is 0 Å². The molecule has 0 spiro atoms. The molecule has 0 aliphatic carbocycles. The molecule has 0 radical (unpaired) electrons. The lowest BCUT2D eigenvalue weighted by Gasteiger charge is -2.03. The molecule has 0 aliphatic rings. The monoisotopic (exact) mass is 294 g/mol. The Hall–Kier alpha value is -0.920. The first-order valence-corrected chi connectivity index (χ1v) is 5.46. The third kappa shape index (κ3) is 7.38. The van der Waals surface area contributed by atoms with E-state index in [1.807, 2.05) is 0 Å². The minimum atomic E-state index is -0.386. The van der Waals surface area contributed by atoms with Crippen LogP contribution in [0.3, 0.4) is 0 Å².